The molecular weight excluding hydrogens is 268 g/mol. The fraction of sp³-hybridized carbons (Fsp3) is 0.294. The third-order valence-electron chi connectivity index (χ3n) is 3.89. The van der Waals surface area contributed by atoms with Crippen molar-refractivity contribution in [3.63, 3.8) is 0 Å². The number of para-hydroxylation sites is 1. The van der Waals surface area contributed by atoms with Crippen LogP contribution in [0, 0.1) is 0 Å². The predicted octanol–water partition coefficient (Wildman–Crippen LogP) is 4.27. The van der Waals surface area contributed by atoms with Gasteiger partial charge in [0.15, 0.2) is 0 Å². The molecule has 2 N–H and O–H groups in total. The molecule has 0 saturated heterocycles. The van der Waals surface area contributed by atoms with E-state index in [4.69, 9.17) is 17.3 Å². The average Bonchev–Trinajstić information content (AvgIpc) is 2.65. The van der Waals surface area contributed by atoms with Crippen molar-refractivity contribution in [2.24, 2.45) is 0 Å². The van der Waals surface area contributed by atoms with Crippen LogP contribution in [-0.2, 0) is 13.0 Å². The maximum atomic E-state index is 6.31. The Labute approximate surface area is 125 Å². The fourth-order valence-electron chi connectivity index (χ4n) is 2.83. The van der Waals surface area contributed by atoms with E-state index in [1.165, 1.54) is 30.5 Å². The predicted molar refractivity (Wildman–Crippen MR) is 86.3 cm³/mol. The van der Waals surface area contributed by atoms with Gasteiger partial charge in [0.05, 0.1) is 0 Å². The zero-order valence-corrected chi connectivity index (χ0v) is 12.2. The summed E-state index contributed by atoms with van der Waals surface area (Å²) in [5, 5.41) is 0.756. The van der Waals surface area contributed by atoms with Crippen LogP contribution < -0.4 is 10.6 Å². The number of hydrogen-bond donors (Lipinski definition) is 1. The molecule has 1 aliphatic heterocycles. The van der Waals surface area contributed by atoms with Crippen molar-refractivity contribution in [1.29, 1.82) is 0 Å². The van der Waals surface area contributed by atoms with Crippen molar-refractivity contribution in [3.8, 4) is 0 Å². The molecule has 0 atom stereocenters. The van der Waals surface area contributed by atoms with Crippen LogP contribution in [-0.4, -0.2) is 6.54 Å². The Morgan fingerprint density at radius 2 is 1.95 bits per heavy atom. The van der Waals surface area contributed by atoms with Crippen molar-refractivity contribution in [1.82, 2.24) is 0 Å². The van der Waals surface area contributed by atoms with Gasteiger partial charge in [0.2, 0.25) is 0 Å². The number of nitrogen functional groups attached to an aromatic ring is 1. The van der Waals surface area contributed by atoms with Gasteiger partial charge in [-0.3, -0.25) is 0 Å². The van der Waals surface area contributed by atoms with Crippen molar-refractivity contribution in [2.45, 2.75) is 25.8 Å². The number of fused-ring (bicyclic) bond motifs is 1. The van der Waals surface area contributed by atoms with Crippen LogP contribution in [0.3, 0.4) is 0 Å². The zero-order valence-electron chi connectivity index (χ0n) is 11.5. The highest BCUT2D eigenvalue weighted by Crippen LogP contribution is 2.29. The minimum absolute atomic E-state index is 0.718. The van der Waals surface area contributed by atoms with Gasteiger partial charge in [-0.1, -0.05) is 35.9 Å². The van der Waals surface area contributed by atoms with E-state index in [0.717, 1.165) is 29.4 Å². The largest absolute Gasteiger partial charge is 0.399 e. The molecule has 0 radical (unpaired) electrons. The maximum absolute atomic E-state index is 6.31. The van der Waals surface area contributed by atoms with Crippen molar-refractivity contribution in [3.05, 3.63) is 58.6 Å². The summed E-state index contributed by atoms with van der Waals surface area (Å²) in [6.07, 6.45) is 3.65. The summed E-state index contributed by atoms with van der Waals surface area (Å²) < 4.78 is 0. The van der Waals surface area contributed by atoms with Crippen LogP contribution in [0.4, 0.5) is 11.4 Å². The molecule has 1 heterocycles. The number of anilines is 2. The zero-order chi connectivity index (χ0) is 13.9. The summed E-state index contributed by atoms with van der Waals surface area (Å²) in [7, 11) is 0. The highest BCUT2D eigenvalue weighted by Gasteiger charge is 2.15. The third kappa shape index (κ3) is 2.75. The van der Waals surface area contributed by atoms with Crippen LogP contribution >= 0.6 is 11.6 Å². The highest BCUT2D eigenvalue weighted by molar-refractivity contribution is 6.31. The molecule has 3 heteroatoms. The molecule has 0 spiro atoms. The quantitative estimate of drug-likeness (QED) is 0.836. The van der Waals surface area contributed by atoms with Gasteiger partial charge < -0.3 is 10.6 Å². The van der Waals surface area contributed by atoms with Gasteiger partial charge in [0.1, 0.15) is 0 Å². The van der Waals surface area contributed by atoms with E-state index in [1.807, 2.05) is 18.2 Å². The van der Waals surface area contributed by atoms with Gasteiger partial charge in [0, 0.05) is 29.5 Å². The van der Waals surface area contributed by atoms with Gasteiger partial charge in [0.25, 0.3) is 0 Å². The second-order valence-corrected chi connectivity index (χ2v) is 5.77. The Balaban J connectivity index is 1.90. The molecule has 0 aromatic heterocycles. The van der Waals surface area contributed by atoms with E-state index in [-0.39, 0.29) is 0 Å². The SMILES string of the molecule is Nc1ccc(CN2CCCCc3ccccc32)c(Cl)c1. The van der Waals surface area contributed by atoms with E-state index >= 15 is 0 Å². The van der Waals surface area contributed by atoms with Crippen LogP contribution in [0.2, 0.25) is 5.02 Å². The molecular formula is C17H19ClN2. The van der Waals surface area contributed by atoms with Crippen LogP contribution in [0.5, 0.6) is 0 Å². The summed E-state index contributed by atoms with van der Waals surface area (Å²) in [5.74, 6) is 0. The lowest BCUT2D eigenvalue weighted by molar-refractivity contribution is 0.714. The lowest BCUT2D eigenvalue weighted by Gasteiger charge is -2.25. The van der Waals surface area contributed by atoms with Gasteiger partial charge >= 0.3 is 0 Å². The second kappa shape index (κ2) is 5.76. The van der Waals surface area contributed by atoms with Crippen molar-refractivity contribution < 1.29 is 0 Å². The Kier molecular flexibility index (Phi) is 3.83. The van der Waals surface area contributed by atoms with Crippen LogP contribution in [0.1, 0.15) is 24.0 Å². The number of benzene rings is 2. The molecule has 1 aliphatic rings. The van der Waals surface area contributed by atoms with Gasteiger partial charge in [-0.2, -0.15) is 0 Å². The standard InChI is InChI=1S/C17H19ClN2/c18-16-11-15(19)9-8-14(16)12-20-10-4-3-6-13-5-1-2-7-17(13)20/h1-2,5,7-9,11H,3-4,6,10,12,19H2. The van der Waals surface area contributed by atoms with E-state index in [1.54, 1.807) is 0 Å². The van der Waals surface area contributed by atoms with Gasteiger partial charge in [-0.25, -0.2) is 0 Å². The first-order chi connectivity index (χ1) is 9.74. The Bertz CT molecular complexity index is 610. The van der Waals surface area contributed by atoms with Crippen LogP contribution in [0.25, 0.3) is 0 Å². The van der Waals surface area contributed by atoms with E-state index < -0.39 is 0 Å². The van der Waals surface area contributed by atoms with Gasteiger partial charge in [-0.05, 0) is 48.6 Å². The summed E-state index contributed by atoms with van der Waals surface area (Å²) in [6, 6.07) is 14.5. The molecule has 2 aromatic rings. The Morgan fingerprint density at radius 3 is 2.80 bits per heavy atom. The molecule has 20 heavy (non-hydrogen) atoms. The number of halogens is 1. The molecule has 104 valence electrons. The summed E-state index contributed by atoms with van der Waals surface area (Å²) in [6.45, 7) is 1.92. The molecule has 0 amide bonds. The maximum Gasteiger partial charge on any atom is 0.0476 e. The fourth-order valence-corrected chi connectivity index (χ4v) is 3.08. The number of rotatable bonds is 2. The number of nitrogens with zero attached hydrogens (tertiary/aromatic N) is 1. The summed E-state index contributed by atoms with van der Waals surface area (Å²) >= 11 is 6.31. The second-order valence-electron chi connectivity index (χ2n) is 5.36. The molecule has 0 bridgehead atoms. The molecule has 2 aromatic carbocycles. The molecule has 3 rings (SSSR count). The minimum Gasteiger partial charge on any atom is -0.399 e. The van der Waals surface area contributed by atoms with E-state index in [2.05, 4.69) is 29.2 Å². The number of aryl methyl sites for hydroxylation is 1. The third-order valence-corrected chi connectivity index (χ3v) is 4.25. The molecule has 0 saturated carbocycles. The van der Waals surface area contributed by atoms with E-state index in [9.17, 15) is 0 Å². The number of nitrogens with two attached hydrogens (primary N) is 1. The smallest absolute Gasteiger partial charge is 0.0476 e. The Hall–Kier alpha value is -1.67. The molecule has 0 unspecified atom stereocenters. The lowest BCUT2D eigenvalue weighted by Crippen LogP contribution is -2.23. The monoisotopic (exact) mass is 286 g/mol. The topological polar surface area (TPSA) is 29.3 Å². The summed E-state index contributed by atoms with van der Waals surface area (Å²) in [5.41, 5.74) is 10.4. The first-order valence-corrected chi connectivity index (χ1v) is 7.48. The Morgan fingerprint density at radius 1 is 1.10 bits per heavy atom. The normalized spacial score (nSPS) is 14.8. The van der Waals surface area contributed by atoms with E-state index in [0.29, 0.717) is 0 Å². The van der Waals surface area contributed by atoms with Crippen molar-refractivity contribution in [2.75, 3.05) is 17.2 Å². The number of hydrogen-bond acceptors (Lipinski definition) is 2. The van der Waals surface area contributed by atoms with Crippen LogP contribution in [0.15, 0.2) is 42.5 Å². The van der Waals surface area contributed by atoms with Crippen molar-refractivity contribution >= 4 is 23.0 Å². The molecule has 0 aliphatic carbocycles. The first-order valence-electron chi connectivity index (χ1n) is 7.11. The molecule has 0 fully saturated rings. The van der Waals surface area contributed by atoms with Gasteiger partial charge in [-0.15, -0.1) is 0 Å². The minimum atomic E-state index is 0.718. The highest BCUT2D eigenvalue weighted by atomic mass is 35.5. The lowest BCUT2D eigenvalue weighted by atomic mass is 10.1. The summed E-state index contributed by atoms with van der Waals surface area (Å²) in [4.78, 5) is 2.43. The molecule has 2 nitrogen and oxygen atoms in total. The average molecular weight is 287 g/mol. The first kappa shape index (κ1) is 13.3.